The average Bonchev–Trinajstić information content (AvgIpc) is 2.70. The highest BCUT2D eigenvalue weighted by Gasteiger charge is 2.25. The summed E-state index contributed by atoms with van der Waals surface area (Å²) in [5, 5.41) is 3.68. The van der Waals surface area contributed by atoms with Crippen molar-refractivity contribution in [2.75, 3.05) is 12.4 Å². The zero-order chi connectivity index (χ0) is 10.9. The van der Waals surface area contributed by atoms with Gasteiger partial charge in [0, 0.05) is 11.9 Å². The first-order chi connectivity index (χ1) is 7.38. The van der Waals surface area contributed by atoms with Crippen molar-refractivity contribution in [3.05, 3.63) is 0 Å². The van der Waals surface area contributed by atoms with E-state index in [1.807, 2.05) is 0 Å². The molecule has 0 aromatic heterocycles. The molecule has 2 heteroatoms. The van der Waals surface area contributed by atoms with Crippen molar-refractivity contribution in [2.45, 2.75) is 64.3 Å². The molecule has 90 valence electrons. The van der Waals surface area contributed by atoms with E-state index < -0.39 is 0 Å². The Kier molecular flexibility index (Phi) is 7.46. The molecule has 1 nitrogen and oxygen atoms in total. The highest BCUT2D eigenvalue weighted by atomic mass is 35.5. The minimum atomic E-state index is 0.716. The molecule has 1 aliphatic rings. The molecule has 1 aliphatic carbocycles. The topological polar surface area (TPSA) is 12.0 Å². The van der Waals surface area contributed by atoms with Crippen molar-refractivity contribution in [2.24, 2.45) is 5.92 Å². The van der Waals surface area contributed by atoms with Crippen LogP contribution in [0, 0.1) is 5.92 Å². The molecule has 0 aromatic rings. The van der Waals surface area contributed by atoms with Crippen molar-refractivity contribution in [1.29, 1.82) is 0 Å². The number of alkyl halides is 1. The van der Waals surface area contributed by atoms with Crippen LogP contribution >= 0.6 is 11.6 Å². The Morgan fingerprint density at radius 2 is 1.93 bits per heavy atom. The highest BCUT2D eigenvalue weighted by molar-refractivity contribution is 6.18. The summed E-state index contributed by atoms with van der Waals surface area (Å²) in [5.74, 6) is 1.58. The number of hydrogen-bond donors (Lipinski definition) is 1. The SMILES string of the molecule is CCCCCCCNC1CCCC1CCl. The Morgan fingerprint density at radius 3 is 2.67 bits per heavy atom. The second kappa shape index (κ2) is 8.41. The number of hydrogen-bond acceptors (Lipinski definition) is 1. The summed E-state index contributed by atoms with van der Waals surface area (Å²) in [6.45, 7) is 3.46. The van der Waals surface area contributed by atoms with Crippen molar-refractivity contribution < 1.29 is 0 Å². The maximum atomic E-state index is 5.94. The molecule has 0 bridgehead atoms. The summed E-state index contributed by atoms with van der Waals surface area (Å²) >= 11 is 5.94. The van der Waals surface area contributed by atoms with Gasteiger partial charge in [-0.2, -0.15) is 0 Å². The Bertz CT molecular complexity index is 149. The quantitative estimate of drug-likeness (QED) is 0.493. The van der Waals surface area contributed by atoms with Gasteiger partial charge in [-0.05, 0) is 31.7 Å². The molecule has 0 aromatic carbocycles. The summed E-state index contributed by atoms with van der Waals surface area (Å²) in [6.07, 6.45) is 10.9. The van der Waals surface area contributed by atoms with Crippen LogP contribution in [-0.2, 0) is 0 Å². The Labute approximate surface area is 100.0 Å². The summed E-state index contributed by atoms with van der Waals surface area (Å²) in [6, 6.07) is 0.716. The van der Waals surface area contributed by atoms with Crippen molar-refractivity contribution >= 4 is 11.6 Å². The molecule has 1 N–H and O–H groups in total. The van der Waals surface area contributed by atoms with Crippen LogP contribution in [0.3, 0.4) is 0 Å². The van der Waals surface area contributed by atoms with Gasteiger partial charge in [0.15, 0.2) is 0 Å². The third kappa shape index (κ3) is 5.21. The fourth-order valence-corrected chi connectivity index (χ4v) is 2.88. The molecule has 1 saturated carbocycles. The van der Waals surface area contributed by atoms with Gasteiger partial charge in [-0.25, -0.2) is 0 Å². The number of rotatable bonds is 8. The lowest BCUT2D eigenvalue weighted by Gasteiger charge is -2.18. The van der Waals surface area contributed by atoms with Gasteiger partial charge >= 0.3 is 0 Å². The molecule has 15 heavy (non-hydrogen) atoms. The van der Waals surface area contributed by atoms with Crippen molar-refractivity contribution in [3.8, 4) is 0 Å². The monoisotopic (exact) mass is 231 g/mol. The molecular formula is C13H26ClN. The summed E-state index contributed by atoms with van der Waals surface area (Å²) < 4.78 is 0. The second-order valence-corrected chi connectivity index (χ2v) is 5.13. The lowest BCUT2D eigenvalue weighted by molar-refractivity contribution is 0.422. The fraction of sp³-hybridized carbons (Fsp3) is 1.00. The van der Waals surface area contributed by atoms with Crippen LogP contribution in [0.4, 0.5) is 0 Å². The zero-order valence-corrected chi connectivity index (χ0v) is 10.9. The third-order valence-electron chi connectivity index (χ3n) is 3.54. The van der Waals surface area contributed by atoms with E-state index in [-0.39, 0.29) is 0 Å². The summed E-state index contributed by atoms with van der Waals surface area (Å²) in [7, 11) is 0. The molecule has 1 rings (SSSR count). The average molecular weight is 232 g/mol. The predicted octanol–water partition coefficient (Wildman–Crippen LogP) is 3.95. The van der Waals surface area contributed by atoms with E-state index in [9.17, 15) is 0 Å². The first-order valence-electron chi connectivity index (χ1n) is 6.67. The molecule has 0 aliphatic heterocycles. The van der Waals surface area contributed by atoms with E-state index in [0.29, 0.717) is 6.04 Å². The Hall–Kier alpha value is 0.250. The molecule has 1 fully saturated rings. The van der Waals surface area contributed by atoms with Crippen LogP contribution in [0.15, 0.2) is 0 Å². The van der Waals surface area contributed by atoms with Gasteiger partial charge in [-0.1, -0.05) is 39.0 Å². The van der Waals surface area contributed by atoms with Crippen molar-refractivity contribution in [1.82, 2.24) is 5.32 Å². The van der Waals surface area contributed by atoms with E-state index in [1.165, 1.54) is 57.9 Å². The van der Waals surface area contributed by atoms with E-state index in [1.54, 1.807) is 0 Å². The van der Waals surface area contributed by atoms with Gasteiger partial charge in [-0.15, -0.1) is 11.6 Å². The molecule has 0 radical (unpaired) electrons. The zero-order valence-electron chi connectivity index (χ0n) is 10.1. The maximum absolute atomic E-state index is 5.94. The molecule has 0 amide bonds. The minimum Gasteiger partial charge on any atom is -0.314 e. The predicted molar refractivity (Wildman–Crippen MR) is 68.6 cm³/mol. The van der Waals surface area contributed by atoms with E-state index in [2.05, 4.69) is 12.2 Å². The molecule has 2 unspecified atom stereocenters. The lowest BCUT2D eigenvalue weighted by Crippen LogP contribution is -2.33. The standard InChI is InChI=1S/C13H26ClN/c1-2-3-4-5-6-10-15-13-9-7-8-12(13)11-14/h12-13,15H,2-11H2,1H3. The van der Waals surface area contributed by atoms with Crippen LogP contribution in [0.1, 0.15) is 58.3 Å². The lowest BCUT2D eigenvalue weighted by atomic mass is 10.1. The van der Waals surface area contributed by atoms with E-state index in [4.69, 9.17) is 11.6 Å². The molecule has 0 saturated heterocycles. The summed E-state index contributed by atoms with van der Waals surface area (Å²) in [5.41, 5.74) is 0. The van der Waals surface area contributed by atoms with Crippen molar-refractivity contribution in [3.63, 3.8) is 0 Å². The van der Waals surface area contributed by atoms with E-state index in [0.717, 1.165) is 11.8 Å². The van der Waals surface area contributed by atoms with Gasteiger partial charge in [0.05, 0.1) is 0 Å². The van der Waals surface area contributed by atoms with Crippen LogP contribution in [0.25, 0.3) is 0 Å². The normalized spacial score (nSPS) is 26.0. The summed E-state index contributed by atoms with van der Waals surface area (Å²) in [4.78, 5) is 0. The first kappa shape index (κ1) is 13.3. The second-order valence-electron chi connectivity index (χ2n) is 4.82. The molecule has 2 atom stereocenters. The maximum Gasteiger partial charge on any atom is 0.0266 e. The number of unbranched alkanes of at least 4 members (excludes halogenated alkanes) is 4. The van der Waals surface area contributed by atoms with Crippen LogP contribution in [-0.4, -0.2) is 18.5 Å². The molecular weight excluding hydrogens is 206 g/mol. The van der Waals surface area contributed by atoms with Gasteiger partial charge in [0.25, 0.3) is 0 Å². The van der Waals surface area contributed by atoms with Gasteiger partial charge in [0.1, 0.15) is 0 Å². The Balaban J connectivity index is 1.95. The number of halogens is 1. The minimum absolute atomic E-state index is 0.716. The van der Waals surface area contributed by atoms with Crippen LogP contribution in [0.2, 0.25) is 0 Å². The third-order valence-corrected chi connectivity index (χ3v) is 3.94. The van der Waals surface area contributed by atoms with Gasteiger partial charge in [0.2, 0.25) is 0 Å². The smallest absolute Gasteiger partial charge is 0.0266 e. The van der Waals surface area contributed by atoms with Crippen LogP contribution < -0.4 is 5.32 Å². The molecule has 0 spiro atoms. The fourth-order valence-electron chi connectivity index (χ4n) is 2.51. The van der Waals surface area contributed by atoms with E-state index >= 15 is 0 Å². The Morgan fingerprint density at radius 1 is 1.13 bits per heavy atom. The highest BCUT2D eigenvalue weighted by Crippen LogP contribution is 2.26. The van der Waals surface area contributed by atoms with Gasteiger partial charge < -0.3 is 5.32 Å². The van der Waals surface area contributed by atoms with Gasteiger partial charge in [-0.3, -0.25) is 0 Å². The largest absolute Gasteiger partial charge is 0.314 e. The number of nitrogens with one attached hydrogen (secondary N) is 1. The van der Waals surface area contributed by atoms with Crippen LogP contribution in [0.5, 0.6) is 0 Å². The molecule has 0 heterocycles. The first-order valence-corrected chi connectivity index (χ1v) is 7.21.